The summed E-state index contributed by atoms with van der Waals surface area (Å²) in [4.78, 5) is 6.91. The lowest BCUT2D eigenvalue weighted by atomic mass is 9.99. The van der Waals surface area contributed by atoms with Gasteiger partial charge < -0.3 is 4.90 Å². The third kappa shape index (κ3) is 2.26. The van der Waals surface area contributed by atoms with E-state index in [1.807, 2.05) is 6.34 Å². The molecule has 0 spiro atoms. The monoisotopic (exact) mass is 226 g/mol. The van der Waals surface area contributed by atoms with Crippen molar-refractivity contribution in [2.24, 2.45) is 4.99 Å². The molecule has 88 valence electrons. The van der Waals surface area contributed by atoms with Gasteiger partial charge in [0.2, 0.25) is 0 Å². The number of rotatable bonds is 3. The van der Waals surface area contributed by atoms with Crippen molar-refractivity contribution >= 4 is 6.34 Å². The quantitative estimate of drug-likeness (QED) is 0.773. The summed E-state index contributed by atoms with van der Waals surface area (Å²) in [5.41, 5.74) is 2.71. The molecule has 0 saturated carbocycles. The van der Waals surface area contributed by atoms with Crippen LogP contribution in [0.2, 0.25) is 0 Å². The van der Waals surface area contributed by atoms with E-state index in [0.717, 1.165) is 13.0 Å². The normalized spacial score (nSPS) is 22.5. The number of benzene rings is 1. The number of nitrogens with zero attached hydrogens (tertiary/aromatic N) is 2. The summed E-state index contributed by atoms with van der Waals surface area (Å²) in [6.45, 7) is 1.08. The Bertz CT molecular complexity index is 433. The summed E-state index contributed by atoms with van der Waals surface area (Å²) in [6, 6.07) is 11.3. The second kappa shape index (κ2) is 4.74. The van der Waals surface area contributed by atoms with Gasteiger partial charge in [-0.3, -0.25) is 0 Å². The molecule has 0 saturated heterocycles. The van der Waals surface area contributed by atoms with E-state index >= 15 is 0 Å². The Hall–Kier alpha value is -1.57. The van der Waals surface area contributed by atoms with Gasteiger partial charge in [-0.2, -0.15) is 0 Å². The van der Waals surface area contributed by atoms with Gasteiger partial charge in [-0.25, -0.2) is 4.99 Å². The number of hydrogen-bond acceptors (Lipinski definition) is 2. The zero-order chi connectivity index (χ0) is 11.5. The van der Waals surface area contributed by atoms with E-state index in [0.29, 0.717) is 6.04 Å². The second-order valence-corrected chi connectivity index (χ2v) is 4.79. The zero-order valence-corrected chi connectivity index (χ0v) is 10.0. The van der Waals surface area contributed by atoms with Crippen LogP contribution in [0.5, 0.6) is 0 Å². The summed E-state index contributed by atoms with van der Waals surface area (Å²) < 4.78 is 0. The van der Waals surface area contributed by atoms with Crippen LogP contribution in [0.1, 0.15) is 24.8 Å². The molecule has 1 atom stereocenters. The molecule has 2 aliphatic rings. The first-order valence-corrected chi connectivity index (χ1v) is 6.47. The highest BCUT2D eigenvalue weighted by molar-refractivity contribution is 5.62. The fourth-order valence-electron chi connectivity index (χ4n) is 2.66. The Morgan fingerprint density at radius 1 is 1.24 bits per heavy atom. The Morgan fingerprint density at radius 2 is 2.12 bits per heavy atom. The third-order valence-corrected chi connectivity index (χ3v) is 3.63. The maximum Gasteiger partial charge on any atom is 0.0914 e. The van der Waals surface area contributed by atoms with Crippen LogP contribution in [0.3, 0.4) is 0 Å². The van der Waals surface area contributed by atoms with Crippen LogP contribution in [0.4, 0.5) is 0 Å². The van der Waals surface area contributed by atoms with Gasteiger partial charge in [-0.05, 0) is 31.2 Å². The first kappa shape index (κ1) is 10.6. The van der Waals surface area contributed by atoms with Crippen molar-refractivity contribution in [3.8, 4) is 0 Å². The molecule has 0 amide bonds. The molecule has 0 bridgehead atoms. The molecule has 0 aromatic heterocycles. The molecule has 2 heteroatoms. The summed E-state index contributed by atoms with van der Waals surface area (Å²) in [5.74, 6) is 0. The van der Waals surface area contributed by atoms with Crippen molar-refractivity contribution in [1.29, 1.82) is 0 Å². The Morgan fingerprint density at radius 3 is 3.00 bits per heavy atom. The van der Waals surface area contributed by atoms with E-state index in [2.05, 4.69) is 46.3 Å². The highest BCUT2D eigenvalue weighted by Gasteiger charge is 2.26. The zero-order valence-electron chi connectivity index (χ0n) is 10.0. The largest absolute Gasteiger partial charge is 0.354 e. The molecule has 1 unspecified atom stereocenters. The lowest BCUT2D eigenvalue weighted by Gasteiger charge is -2.26. The molecule has 0 radical (unpaired) electrons. The summed E-state index contributed by atoms with van der Waals surface area (Å²) >= 11 is 0. The van der Waals surface area contributed by atoms with Gasteiger partial charge in [0.05, 0.1) is 18.1 Å². The van der Waals surface area contributed by atoms with Crippen molar-refractivity contribution in [1.82, 2.24) is 4.90 Å². The minimum atomic E-state index is 0.562. The van der Waals surface area contributed by atoms with Crippen LogP contribution in [0.25, 0.3) is 0 Å². The molecule has 1 aromatic carbocycles. The van der Waals surface area contributed by atoms with Crippen molar-refractivity contribution in [2.45, 2.75) is 31.7 Å². The minimum absolute atomic E-state index is 0.562. The Kier molecular flexibility index (Phi) is 2.95. The van der Waals surface area contributed by atoms with Crippen molar-refractivity contribution in [3.63, 3.8) is 0 Å². The maximum absolute atomic E-state index is 4.51. The number of allylic oxidation sites excluding steroid dienone is 1. The van der Waals surface area contributed by atoms with Crippen LogP contribution < -0.4 is 0 Å². The number of fused-ring (bicyclic) bond motifs is 1. The van der Waals surface area contributed by atoms with Gasteiger partial charge >= 0.3 is 0 Å². The van der Waals surface area contributed by atoms with Crippen molar-refractivity contribution in [2.75, 3.05) is 6.54 Å². The average Bonchev–Trinajstić information content (AvgIpc) is 2.81. The van der Waals surface area contributed by atoms with E-state index < -0.39 is 0 Å². The molecule has 1 aromatic rings. The topological polar surface area (TPSA) is 15.6 Å². The molecule has 3 rings (SSSR count). The predicted molar refractivity (Wildman–Crippen MR) is 71.1 cm³/mol. The van der Waals surface area contributed by atoms with E-state index in [4.69, 9.17) is 0 Å². The number of hydrogen-bond donors (Lipinski definition) is 0. The fraction of sp³-hybridized carbons (Fsp3) is 0.400. The van der Waals surface area contributed by atoms with E-state index in [-0.39, 0.29) is 0 Å². The summed E-state index contributed by atoms with van der Waals surface area (Å²) in [6.07, 6.45) is 9.21. The van der Waals surface area contributed by atoms with E-state index in [1.54, 1.807) is 0 Å². The van der Waals surface area contributed by atoms with Crippen LogP contribution in [0, 0.1) is 0 Å². The molecule has 0 N–H and O–H groups in total. The molecule has 17 heavy (non-hydrogen) atoms. The fourth-order valence-corrected chi connectivity index (χ4v) is 2.66. The van der Waals surface area contributed by atoms with Gasteiger partial charge in [0.1, 0.15) is 0 Å². The molecule has 1 aliphatic carbocycles. The van der Waals surface area contributed by atoms with Gasteiger partial charge in [0.15, 0.2) is 0 Å². The van der Waals surface area contributed by atoms with E-state index in [1.165, 1.54) is 30.5 Å². The average molecular weight is 226 g/mol. The SMILES string of the molecule is C1=NC2=CCCCC2N1CCc1ccccc1. The Balaban J connectivity index is 1.62. The molecule has 0 fully saturated rings. The molecular weight excluding hydrogens is 208 g/mol. The Labute approximate surface area is 103 Å². The van der Waals surface area contributed by atoms with Crippen LogP contribution in [-0.4, -0.2) is 23.8 Å². The highest BCUT2D eigenvalue weighted by atomic mass is 15.2. The summed E-state index contributed by atoms with van der Waals surface area (Å²) in [7, 11) is 0. The van der Waals surface area contributed by atoms with Gasteiger partial charge in [-0.15, -0.1) is 0 Å². The molecule has 1 heterocycles. The van der Waals surface area contributed by atoms with Crippen molar-refractivity contribution in [3.05, 3.63) is 47.7 Å². The van der Waals surface area contributed by atoms with Crippen LogP contribution >= 0.6 is 0 Å². The number of aliphatic imine (C=N–C) groups is 1. The molecular formula is C15H18N2. The summed E-state index contributed by atoms with van der Waals surface area (Å²) in [5, 5.41) is 0. The maximum atomic E-state index is 4.51. The lowest BCUT2D eigenvalue weighted by Crippen LogP contribution is -2.33. The van der Waals surface area contributed by atoms with E-state index in [9.17, 15) is 0 Å². The standard InChI is InChI=1S/C15H18N2/c1-2-6-13(7-3-1)10-11-17-12-16-14-8-4-5-9-15(14)17/h1-3,6-8,12,15H,4-5,9-11H2. The van der Waals surface area contributed by atoms with Gasteiger partial charge in [-0.1, -0.05) is 36.4 Å². The smallest absolute Gasteiger partial charge is 0.0914 e. The van der Waals surface area contributed by atoms with Gasteiger partial charge in [0.25, 0.3) is 0 Å². The van der Waals surface area contributed by atoms with Gasteiger partial charge in [0, 0.05) is 6.54 Å². The molecule has 2 nitrogen and oxygen atoms in total. The second-order valence-electron chi connectivity index (χ2n) is 4.79. The van der Waals surface area contributed by atoms with Crippen LogP contribution in [-0.2, 0) is 6.42 Å². The first-order valence-electron chi connectivity index (χ1n) is 6.47. The highest BCUT2D eigenvalue weighted by Crippen LogP contribution is 2.27. The predicted octanol–water partition coefficient (Wildman–Crippen LogP) is 3.01. The van der Waals surface area contributed by atoms with Crippen LogP contribution in [0.15, 0.2) is 47.1 Å². The molecule has 1 aliphatic heterocycles. The first-order chi connectivity index (χ1) is 8.43. The van der Waals surface area contributed by atoms with Crippen molar-refractivity contribution < 1.29 is 0 Å². The minimum Gasteiger partial charge on any atom is -0.354 e. The third-order valence-electron chi connectivity index (χ3n) is 3.63. The lowest BCUT2D eigenvalue weighted by molar-refractivity contribution is 0.345.